The number of hydrogen-bond acceptors (Lipinski definition) is 4. The highest BCUT2D eigenvalue weighted by Gasteiger charge is 2.10. The Kier molecular flexibility index (Phi) is 7.80. The fourth-order valence-corrected chi connectivity index (χ4v) is 2.62. The number of benzene rings is 2. The quantitative estimate of drug-likeness (QED) is 0.656. The number of methoxy groups -OCH3 is 2. The molecule has 26 heavy (non-hydrogen) atoms. The predicted octanol–water partition coefficient (Wildman–Crippen LogP) is 3.86. The van der Waals surface area contributed by atoms with Crippen LogP contribution >= 0.6 is 0 Å². The van der Waals surface area contributed by atoms with Crippen LogP contribution in [0.25, 0.3) is 0 Å². The minimum Gasteiger partial charge on any atom is -0.493 e. The molecule has 2 rings (SSSR count). The zero-order chi connectivity index (χ0) is 18.8. The summed E-state index contributed by atoms with van der Waals surface area (Å²) in [6, 6.07) is 13.2. The molecule has 1 amide bonds. The second-order valence-electron chi connectivity index (χ2n) is 5.89. The molecule has 0 aliphatic carbocycles. The SMILES string of the molecule is CCCOc1ccccc1CCCNC(=O)c1ccc(OC)c(OC)c1. The number of aryl methyl sites for hydroxylation is 1. The number of carbonyl (C=O) groups is 1. The van der Waals surface area contributed by atoms with Crippen molar-refractivity contribution in [2.75, 3.05) is 27.4 Å². The predicted molar refractivity (Wildman–Crippen MR) is 102 cm³/mol. The van der Waals surface area contributed by atoms with E-state index in [1.807, 2.05) is 18.2 Å². The maximum Gasteiger partial charge on any atom is 0.251 e. The van der Waals surface area contributed by atoms with Crippen LogP contribution in [0.3, 0.4) is 0 Å². The van der Waals surface area contributed by atoms with E-state index in [-0.39, 0.29) is 5.91 Å². The highest BCUT2D eigenvalue weighted by atomic mass is 16.5. The summed E-state index contributed by atoms with van der Waals surface area (Å²) >= 11 is 0. The van der Waals surface area contributed by atoms with Gasteiger partial charge in [-0.25, -0.2) is 0 Å². The average molecular weight is 357 g/mol. The number of hydrogen-bond donors (Lipinski definition) is 1. The van der Waals surface area contributed by atoms with Gasteiger partial charge in [-0.05, 0) is 49.1 Å². The molecule has 2 aromatic rings. The van der Waals surface area contributed by atoms with Crippen LogP contribution in [0.15, 0.2) is 42.5 Å². The standard InChI is InChI=1S/C21H27NO4/c1-4-14-26-18-10-6-5-8-16(18)9-7-13-22-21(23)17-11-12-19(24-2)20(15-17)25-3/h5-6,8,10-12,15H,4,7,9,13-14H2,1-3H3,(H,22,23). The maximum absolute atomic E-state index is 12.3. The smallest absolute Gasteiger partial charge is 0.251 e. The molecule has 0 heterocycles. The minimum atomic E-state index is -0.124. The van der Waals surface area contributed by atoms with Crippen molar-refractivity contribution in [1.29, 1.82) is 0 Å². The van der Waals surface area contributed by atoms with Crippen molar-refractivity contribution in [3.8, 4) is 17.2 Å². The lowest BCUT2D eigenvalue weighted by Gasteiger charge is -2.12. The Labute approximate surface area is 155 Å². The Bertz CT molecular complexity index is 715. The first-order chi connectivity index (χ1) is 12.7. The van der Waals surface area contributed by atoms with Gasteiger partial charge in [-0.1, -0.05) is 25.1 Å². The van der Waals surface area contributed by atoms with E-state index in [1.54, 1.807) is 32.4 Å². The van der Waals surface area contributed by atoms with Crippen molar-refractivity contribution in [2.45, 2.75) is 26.2 Å². The molecule has 0 saturated heterocycles. The van der Waals surface area contributed by atoms with Gasteiger partial charge in [-0.2, -0.15) is 0 Å². The van der Waals surface area contributed by atoms with E-state index in [1.165, 1.54) is 5.56 Å². The van der Waals surface area contributed by atoms with Crippen molar-refractivity contribution >= 4 is 5.91 Å². The summed E-state index contributed by atoms with van der Waals surface area (Å²) in [5, 5.41) is 2.94. The highest BCUT2D eigenvalue weighted by molar-refractivity contribution is 5.94. The van der Waals surface area contributed by atoms with Crippen LogP contribution in [-0.2, 0) is 6.42 Å². The van der Waals surface area contributed by atoms with E-state index < -0.39 is 0 Å². The molecule has 0 unspecified atom stereocenters. The van der Waals surface area contributed by atoms with Gasteiger partial charge < -0.3 is 19.5 Å². The van der Waals surface area contributed by atoms with Crippen molar-refractivity contribution in [3.63, 3.8) is 0 Å². The van der Waals surface area contributed by atoms with E-state index in [2.05, 4.69) is 18.3 Å². The molecule has 5 heteroatoms. The van der Waals surface area contributed by atoms with Gasteiger partial charge >= 0.3 is 0 Å². The van der Waals surface area contributed by atoms with Gasteiger partial charge in [0.15, 0.2) is 11.5 Å². The second kappa shape index (κ2) is 10.3. The van der Waals surface area contributed by atoms with Gasteiger partial charge in [0.1, 0.15) is 5.75 Å². The van der Waals surface area contributed by atoms with Gasteiger partial charge in [0, 0.05) is 12.1 Å². The molecule has 0 saturated carbocycles. The van der Waals surface area contributed by atoms with Crippen LogP contribution < -0.4 is 19.5 Å². The largest absolute Gasteiger partial charge is 0.493 e. The van der Waals surface area contributed by atoms with Crippen LogP contribution in [0.5, 0.6) is 17.2 Å². The summed E-state index contributed by atoms with van der Waals surface area (Å²) in [5.74, 6) is 1.96. The molecule has 0 atom stereocenters. The third-order valence-corrected chi connectivity index (χ3v) is 3.99. The summed E-state index contributed by atoms with van der Waals surface area (Å²) in [4.78, 5) is 12.3. The first-order valence-corrected chi connectivity index (χ1v) is 8.90. The number of ether oxygens (including phenoxy) is 3. The fraction of sp³-hybridized carbons (Fsp3) is 0.381. The molecular formula is C21H27NO4. The van der Waals surface area contributed by atoms with Gasteiger partial charge in [0.05, 0.1) is 20.8 Å². The summed E-state index contributed by atoms with van der Waals surface area (Å²) in [7, 11) is 3.12. The van der Waals surface area contributed by atoms with E-state index in [0.29, 0.717) is 30.2 Å². The van der Waals surface area contributed by atoms with Crippen molar-refractivity contribution < 1.29 is 19.0 Å². The number of nitrogens with one attached hydrogen (secondary N) is 1. The van der Waals surface area contributed by atoms with Crippen LogP contribution in [0.2, 0.25) is 0 Å². The zero-order valence-corrected chi connectivity index (χ0v) is 15.7. The molecule has 0 aliphatic rings. The molecule has 0 spiro atoms. The Hall–Kier alpha value is -2.69. The van der Waals surface area contributed by atoms with E-state index >= 15 is 0 Å². The van der Waals surface area contributed by atoms with Crippen LogP contribution in [0.4, 0.5) is 0 Å². The van der Waals surface area contributed by atoms with E-state index in [4.69, 9.17) is 14.2 Å². The Morgan fingerprint density at radius 3 is 2.50 bits per heavy atom. The summed E-state index contributed by atoms with van der Waals surface area (Å²) in [5.41, 5.74) is 1.72. The Morgan fingerprint density at radius 2 is 1.77 bits per heavy atom. The van der Waals surface area contributed by atoms with Gasteiger partial charge in [0.2, 0.25) is 0 Å². The van der Waals surface area contributed by atoms with Crippen LogP contribution in [-0.4, -0.2) is 33.3 Å². The molecule has 0 aromatic heterocycles. The Morgan fingerprint density at radius 1 is 1.00 bits per heavy atom. The van der Waals surface area contributed by atoms with Crippen molar-refractivity contribution in [2.24, 2.45) is 0 Å². The van der Waals surface area contributed by atoms with Crippen molar-refractivity contribution in [1.82, 2.24) is 5.32 Å². The normalized spacial score (nSPS) is 10.3. The molecule has 5 nitrogen and oxygen atoms in total. The first-order valence-electron chi connectivity index (χ1n) is 8.90. The molecule has 2 aromatic carbocycles. The number of carbonyl (C=O) groups excluding carboxylic acids is 1. The lowest BCUT2D eigenvalue weighted by atomic mass is 10.1. The lowest BCUT2D eigenvalue weighted by Crippen LogP contribution is -2.24. The second-order valence-corrected chi connectivity index (χ2v) is 5.89. The molecule has 0 radical (unpaired) electrons. The van der Waals surface area contributed by atoms with E-state index in [9.17, 15) is 4.79 Å². The summed E-state index contributed by atoms with van der Waals surface area (Å²) in [6.07, 6.45) is 2.67. The molecule has 0 aliphatic heterocycles. The van der Waals surface area contributed by atoms with Gasteiger partial charge in [0.25, 0.3) is 5.91 Å². The van der Waals surface area contributed by atoms with Crippen LogP contribution in [0, 0.1) is 0 Å². The maximum atomic E-state index is 12.3. The van der Waals surface area contributed by atoms with E-state index in [0.717, 1.165) is 25.0 Å². The van der Waals surface area contributed by atoms with Gasteiger partial charge in [-0.15, -0.1) is 0 Å². The molecule has 0 fully saturated rings. The molecule has 140 valence electrons. The number of rotatable bonds is 10. The van der Waals surface area contributed by atoms with Crippen molar-refractivity contribution in [3.05, 3.63) is 53.6 Å². The number of para-hydroxylation sites is 1. The third kappa shape index (κ3) is 5.41. The first kappa shape index (κ1) is 19.6. The molecule has 1 N–H and O–H groups in total. The zero-order valence-electron chi connectivity index (χ0n) is 15.7. The monoisotopic (exact) mass is 357 g/mol. The number of amides is 1. The lowest BCUT2D eigenvalue weighted by molar-refractivity contribution is 0.0953. The molecule has 0 bridgehead atoms. The third-order valence-electron chi connectivity index (χ3n) is 3.99. The highest BCUT2D eigenvalue weighted by Crippen LogP contribution is 2.27. The van der Waals surface area contributed by atoms with Crippen LogP contribution in [0.1, 0.15) is 35.7 Å². The minimum absolute atomic E-state index is 0.124. The summed E-state index contributed by atoms with van der Waals surface area (Å²) < 4.78 is 16.2. The Balaban J connectivity index is 1.86. The topological polar surface area (TPSA) is 56.8 Å². The summed E-state index contributed by atoms with van der Waals surface area (Å²) in [6.45, 7) is 3.40. The molecular weight excluding hydrogens is 330 g/mol. The average Bonchev–Trinajstić information content (AvgIpc) is 2.69. The fourth-order valence-electron chi connectivity index (χ4n) is 2.62. The van der Waals surface area contributed by atoms with Gasteiger partial charge in [-0.3, -0.25) is 4.79 Å².